The fourth-order valence-electron chi connectivity index (χ4n) is 5.88. The maximum absolute atomic E-state index is 13.7. The van der Waals surface area contributed by atoms with Gasteiger partial charge in [-0.25, -0.2) is 0 Å². The molecule has 0 saturated carbocycles. The fraction of sp³-hybridized carbons (Fsp3) is 0.400. The first-order valence-corrected chi connectivity index (χ1v) is 16.3. The van der Waals surface area contributed by atoms with E-state index in [-0.39, 0.29) is 17.6 Å². The van der Waals surface area contributed by atoms with Crippen molar-refractivity contribution in [2.45, 2.75) is 98.4 Å². The molecular weight excluding hydrogens is 540 g/mol. The number of hydrogen-bond donors (Lipinski definition) is 2. The second-order valence-electron chi connectivity index (χ2n) is 12.5. The molecule has 0 bridgehead atoms. The number of nitrogens with two attached hydrogens (primary N) is 1. The van der Waals surface area contributed by atoms with Gasteiger partial charge in [0.1, 0.15) is 0 Å². The molecule has 3 aromatic carbocycles. The molecule has 0 saturated heterocycles. The van der Waals surface area contributed by atoms with Crippen LogP contribution in [0.15, 0.2) is 90.5 Å². The van der Waals surface area contributed by atoms with Crippen LogP contribution in [0.3, 0.4) is 0 Å². The van der Waals surface area contributed by atoms with Crippen molar-refractivity contribution in [3.8, 4) is 0 Å². The molecule has 2 unspecified atom stereocenters. The highest BCUT2D eigenvalue weighted by Gasteiger charge is 2.22. The number of hydrogen-bond acceptors (Lipinski definition) is 3. The van der Waals surface area contributed by atoms with E-state index in [0.717, 1.165) is 49.7 Å². The van der Waals surface area contributed by atoms with Crippen LogP contribution in [0.4, 0.5) is 5.69 Å². The van der Waals surface area contributed by atoms with Gasteiger partial charge in [0, 0.05) is 16.8 Å². The van der Waals surface area contributed by atoms with Crippen LogP contribution in [0.1, 0.15) is 104 Å². The van der Waals surface area contributed by atoms with E-state index in [0.29, 0.717) is 29.2 Å². The number of aryl methyl sites for hydroxylation is 2. The van der Waals surface area contributed by atoms with Crippen LogP contribution in [-0.4, -0.2) is 17.7 Å². The van der Waals surface area contributed by atoms with Crippen molar-refractivity contribution in [1.29, 1.82) is 0 Å². The van der Waals surface area contributed by atoms with Crippen LogP contribution in [0, 0.1) is 12.8 Å². The summed E-state index contributed by atoms with van der Waals surface area (Å²) in [7, 11) is 0. The molecule has 3 rings (SSSR count). The van der Waals surface area contributed by atoms with Crippen molar-refractivity contribution < 1.29 is 9.59 Å². The molecule has 0 fully saturated rings. The Bertz CT molecular complexity index is 1450. The van der Waals surface area contributed by atoms with Gasteiger partial charge in [0.15, 0.2) is 5.78 Å². The number of ketones is 1. The van der Waals surface area contributed by atoms with E-state index in [1.165, 1.54) is 16.7 Å². The number of carbonyl (C=O) groups excluding carboxylic acids is 2. The number of rotatable bonds is 16. The fourth-order valence-corrected chi connectivity index (χ4v) is 5.88. The van der Waals surface area contributed by atoms with Gasteiger partial charge in [-0.15, -0.1) is 0 Å². The highest BCUT2D eigenvalue weighted by Crippen LogP contribution is 2.34. The van der Waals surface area contributed by atoms with Gasteiger partial charge in [0.05, 0.1) is 6.04 Å². The minimum Gasteiger partial charge on any atom is -0.322 e. The number of Topliss-reactive ketones (excluding diaryl/α,β-unsaturated/α-hetero) is 1. The summed E-state index contributed by atoms with van der Waals surface area (Å²) in [5.74, 6) is 0.495. The third-order valence-electron chi connectivity index (χ3n) is 8.34. The molecule has 234 valence electrons. The molecule has 0 aromatic heterocycles. The summed E-state index contributed by atoms with van der Waals surface area (Å²) in [6.07, 6.45) is 12.1. The summed E-state index contributed by atoms with van der Waals surface area (Å²) < 4.78 is 0. The van der Waals surface area contributed by atoms with Crippen LogP contribution < -0.4 is 11.1 Å². The maximum atomic E-state index is 13.7. The molecular formula is C40H52N2O2. The van der Waals surface area contributed by atoms with Crippen molar-refractivity contribution in [3.63, 3.8) is 0 Å². The summed E-state index contributed by atoms with van der Waals surface area (Å²) in [5, 5.41) is 3.16. The maximum Gasteiger partial charge on any atom is 0.251 e. The van der Waals surface area contributed by atoms with Crippen LogP contribution in [0.5, 0.6) is 0 Å². The zero-order valence-electron chi connectivity index (χ0n) is 27.7. The van der Waals surface area contributed by atoms with Crippen LogP contribution >= 0.6 is 0 Å². The van der Waals surface area contributed by atoms with Gasteiger partial charge in [-0.2, -0.15) is 0 Å². The minimum atomic E-state index is -0.672. The number of benzene rings is 3. The lowest BCUT2D eigenvalue weighted by atomic mass is 9.86. The second kappa shape index (κ2) is 17.5. The Morgan fingerprint density at radius 2 is 1.57 bits per heavy atom. The van der Waals surface area contributed by atoms with E-state index in [9.17, 15) is 9.59 Å². The van der Waals surface area contributed by atoms with Crippen molar-refractivity contribution in [1.82, 2.24) is 0 Å². The first-order chi connectivity index (χ1) is 21.1. The molecule has 0 aliphatic carbocycles. The van der Waals surface area contributed by atoms with Gasteiger partial charge >= 0.3 is 0 Å². The molecule has 0 spiro atoms. The lowest BCUT2D eigenvalue weighted by molar-refractivity contribution is -0.112. The van der Waals surface area contributed by atoms with E-state index in [1.807, 2.05) is 49.4 Å². The van der Waals surface area contributed by atoms with Gasteiger partial charge in [0.25, 0.3) is 5.91 Å². The largest absolute Gasteiger partial charge is 0.322 e. The molecule has 4 heteroatoms. The number of amides is 1. The average Bonchev–Trinajstić information content (AvgIpc) is 3.00. The van der Waals surface area contributed by atoms with Crippen molar-refractivity contribution in [2.75, 3.05) is 5.32 Å². The van der Waals surface area contributed by atoms with E-state index in [4.69, 9.17) is 5.73 Å². The average molecular weight is 593 g/mol. The van der Waals surface area contributed by atoms with E-state index < -0.39 is 6.04 Å². The molecule has 4 nitrogen and oxygen atoms in total. The Morgan fingerprint density at radius 1 is 0.909 bits per heavy atom. The third kappa shape index (κ3) is 10.2. The summed E-state index contributed by atoms with van der Waals surface area (Å²) >= 11 is 0. The zero-order chi connectivity index (χ0) is 32.1. The summed E-state index contributed by atoms with van der Waals surface area (Å²) in [4.78, 5) is 27.0. The first kappa shape index (κ1) is 34.7. The monoisotopic (exact) mass is 592 g/mol. The number of allylic oxidation sites excluding steroid dienone is 3. The Kier molecular flexibility index (Phi) is 13.8. The number of carbonyl (C=O) groups is 2. The van der Waals surface area contributed by atoms with Crippen LogP contribution in [0.2, 0.25) is 0 Å². The quantitative estimate of drug-likeness (QED) is 0.0989. The highest BCUT2D eigenvalue weighted by atomic mass is 16.1. The van der Waals surface area contributed by atoms with Gasteiger partial charge in [-0.05, 0) is 105 Å². The molecule has 3 N–H and O–H groups in total. The lowest BCUT2D eigenvalue weighted by Crippen LogP contribution is -2.33. The predicted octanol–water partition coefficient (Wildman–Crippen LogP) is 9.31. The van der Waals surface area contributed by atoms with Gasteiger partial charge in [0.2, 0.25) is 0 Å². The molecule has 0 aliphatic rings. The predicted molar refractivity (Wildman–Crippen MR) is 186 cm³/mol. The summed E-state index contributed by atoms with van der Waals surface area (Å²) in [6.45, 7) is 12.5. The Hall–Kier alpha value is -3.76. The molecule has 3 aromatic rings. The Labute approximate surface area is 265 Å². The van der Waals surface area contributed by atoms with Crippen LogP contribution in [-0.2, 0) is 24.1 Å². The topological polar surface area (TPSA) is 72.2 Å². The summed E-state index contributed by atoms with van der Waals surface area (Å²) in [5.41, 5.74) is 14.5. The Balaban J connectivity index is 1.90. The van der Waals surface area contributed by atoms with Crippen molar-refractivity contribution >= 4 is 17.4 Å². The van der Waals surface area contributed by atoms with E-state index in [1.54, 1.807) is 13.0 Å². The molecule has 0 radical (unpaired) electrons. The first-order valence-electron chi connectivity index (χ1n) is 16.3. The van der Waals surface area contributed by atoms with Crippen molar-refractivity contribution in [3.05, 3.63) is 124 Å². The molecule has 44 heavy (non-hydrogen) atoms. The number of nitrogens with one attached hydrogen (secondary N) is 1. The smallest absolute Gasteiger partial charge is 0.251 e. The van der Waals surface area contributed by atoms with Gasteiger partial charge < -0.3 is 11.1 Å². The van der Waals surface area contributed by atoms with Crippen molar-refractivity contribution in [2.24, 2.45) is 11.7 Å². The SMILES string of the molecule is C/C=C\C=C(/C)C(=O)Nc1cc(C(=O)C(N)Cc2ccccc2CC(C)C)ccc1C(CCC)CCCc1ccccc1C. The molecule has 1 amide bonds. The lowest BCUT2D eigenvalue weighted by Gasteiger charge is -2.22. The van der Waals surface area contributed by atoms with E-state index in [2.05, 4.69) is 69.4 Å². The normalized spacial score (nSPS) is 13.3. The molecule has 0 heterocycles. The van der Waals surface area contributed by atoms with E-state index >= 15 is 0 Å². The highest BCUT2D eigenvalue weighted by molar-refractivity contribution is 6.06. The minimum absolute atomic E-state index is 0.112. The summed E-state index contributed by atoms with van der Waals surface area (Å²) in [6, 6.07) is 21.9. The van der Waals surface area contributed by atoms with Gasteiger partial charge in [-0.1, -0.05) is 106 Å². The molecule has 2 atom stereocenters. The number of anilines is 1. The standard InChI is InChI=1S/C40H52N2O2/c1-7-9-16-30(6)40(44)42-38-27-35(39(43)37(41)26-34-20-13-12-19-33(34)25-28(3)4)23-24-36(38)32(15-8-2)22-14-21-31-18-11-10-17-29(31)5/h7,9-13,16-20,23-24,27-28,32,37H,8,14-15,21-22,25-26,41H2,1-6H3,(H,42,44)/b9-7-,30-16+. The zero-order valence-corrected chi connectivity index (χ0v) is 27.7. The molecule has 0 aliphatic heterocycles. The van der Waals surface area contributed by atoms with Crippen LogP contribution in [0.25, 0.3) is 0 Å². The van der Waals surface area contributed by atoms with Gasteiger partial charge in [-0.3, -0.25) is 9.59 Å². The second-order valence-corrected chi connectivity index (χ2v) is 12.5. The third-order valence-corrected chi connectivity index (χ3v) is 8.34. The Morgan fingerprint density at radius 3 is 2.20 bits per heavy atom.